The normalized spacial score (nSPS) is 16.1. The van der Waals surface area contributed by atoms with Crippen molar-refractivity contribution < 1.29 is 17.9 Å². The Morgan fingerprint density at radius 3 is 2.49 bits per heavy atom. The zero-order valence-corrected chi connectivity index (χ0v) is 21.7. The van der Waals surface area contributed by atoms with Crippen LogP contribution in [0.1, 0.15) is 45.3 Å². The van der Waals surface area contributed by atoms with Gasteiger partial charge in [0.1, 0.15) is 5.69 Å². The minimum Gasteiger partial charge on any atom is -0.449 e. The van der Waals surface area contributed by atoms with Crippen molar-refractivity contribution in [2.24, 2.45) is 22.6 Å². The van der Waals surface area contributed by atoms with E-state index in [1.807, 2.05) is 25.3 Å². The quantitative estimate of drug-likeness (QED) is 0.394. The molecule has 1 aromatic carbocycles. The van der Waals surface area contributed by atoms with Crippen LogP contribution >= 0.6 is 0 Å². The molecule has 35 heavy (non-hydrogen) atoms. The van der Waals surface area contributed by atoms with Gasteiger partial charge in [0.05, 0.1) is 30.2 Å². The van der Waals surface area contributed by atoms with Gasteiger partial charge in [0.25, 0.3) is 0 Å². The highest BCUT2D eigenvalue weighted by molar-refractivity contribution is 7.90. The van der Waals surface area contributed by atoms with Crippen LogP contribution in [0, 0.1) is 11.8 Å². The summed E-state index contributed by atoms with van der Waals surface area (Å²) in [6.45, 7) is 8.50. The summed E-state index contributed by atoms with van der Waals surface area (Å²) in [4.78, 5) is 23.2. The second-order valence-corrected chi connectivity index (χ2v) is 11.5. The Morgan fingerprint density at radius 1 is 1.26 bits per heavy atom. The summed E-state index contributed by atoms with van der Waals surface area (Å²) in [7, 11) is -3.25. The van der Waals surface area contributed by atoms with Crippen molar-refractivity contribution in [2.75, 3.05) is 31.3 Å². The number of aliphatic imine (C=N–C) groups is 1. The van der Waals surface area contributed by atoms with Crippen molar-refractivity contribution >= 4 is 33.8 Å². The van der Waals surface area contributed by atoms with Gasteiger partial charge in [-0.25, -0.2) is 23.2 Å². The average molecular weight is 505 g/mol. The number of nitrogens with one attached hydrogen (secondary N) is 1. The fourth-order valence-electron chi connectivity index (χ4n) is 4.06. The van der Waals surface area contributed by atoms with Crippen LogP contribution in [-0.2, 0) is 21.1 Å². The molecule has 1 unspecified atom stereocenters. The van der Waals surface area contributed by atoms with Crippen LogP contribution < -0.4 is 11.1 Å². The van der Waals surface area contributed by atoms with Gasteiger partial charge in [-0.05, 0) is 55.9 Å². The van der Waals surface area contributed by atoms with Crippen molar-refractivity contribution in [2.45, 2.75) is 51.1 Å². The summed E-state index contributed by atoms with van der Waals surface area (Å²) in [5.74, 6) is 1.38. The number of carbonyl (C=O) groups excluding carboxylic acids is 1. The van der Waals surface area contributed by atoms with Crippen LogP contribution in [0.2, 0.25) is 0 Å². The molecule has 0 spiro atoms. The van der Waals surface area contributed by atoms with Crippen LogP contribution in [0.25, 0.3) is 0 Å². The van der Waals surface area contributed by atoms with Gasteiger partial charge in [-0.2, -0.15) is 0 Å². The molecule has 1 atom stereocenters. The van der Waals surface area contributed by atoms with Crippen LogP contribution in [0.3, 0.4) is 0 Å². The molecular weight excluding hydrogens is 468 g/mol. The number of anilines is 1. The number of piperidine rings is 1. The number of nitrogens with zero attached hydrogens (tertiary/aromatic N) is 4. The largest absolute Gasteiger partial charge is 0.449 e. The molecule has 0 saturated carbocycles. The first kappa shape index (κ1) is 26.5. The van der Waals surface area contributed by atoms with Gasteiger partial charge in [0, 0.05) is 31.6 Å². The van der Waals surface area contributed by atoms with E-state index in [0.29, 0.717) is 37.4 Å². The molecule has 11 heteroatoms. The number of rotatable bonds is 9. The molecule has 2 aromatic rings. The number of hydrogen-bond acceptors (Lipinski definition) is 7. The summed E-state index contributed by atoms with van der Waals surface area (Å²) >= 11 is 0. The van der Waals surface area contributed by atoms with E-state index in [2.05, 4.69) is 15.3 Å². The van der Waals surface area contributed by atoms with Gasteiger partial charge in [-0.15, -0.1) is 0 Å². The Balaban J connectivity index is 1.63. The molecular formula is C24H36N6O4S. The predicted molar refractivity (Wildman–Crippen MR) is 137 cm³/mol. The number of likely N-dealkylation sites (tertiary alicyclic amines) is 1. The van der Waals surface area contributed by atoms with Crippen molar-refractivity contribution in [3.05, 3.63) is 36.3 Å². The zero-order chi connectivity index (χ0) is 25.6. The second-order valence-electron chi connectivity index (χ2n) is 9.45. The fourth-order valence-corrected chi connectivity index (χ4v) is 4.69. The number of imidazole rings is 1. The van der Waals surface area contributed by atoms with E-state index in [0.717, 1.165) is 30.8 Å². The molecule has 1 amide bonds. The molecule has 192 valence electrons. The van der Waals surface area contributed by atoms with Crippen LogP contribution in [0.5, 0.6) is 0 Å². The number of amides is 1. The molecule has 0 aliphatic carbocycles. The number of nitrogens with two attached hydrogens (primary N) is 1. The minimum atomic E-state index is -3.25. The minimum absolute atomic E-state index is 0.184. The third-order valence-corrected chi connectivity index (χ3v) is 7.11. The van der Waals surface area contributed by atoms with E-state index in [1.54, 1.807) is 35.5 Å². The van der Waals surface area contributed by atoms with E-state index in [1.165, 1.54) is 12.6 Å². The summed E-state index contributed by atoms with van der Waals surface area (Å²) in [6.07, 6.45) is 5.72. The summed E-state index contributed by atoms with van der Waals surface area (Å²) < 4.78 is 30.7. The van der Waals surface area contributed by atoms with E-state index >= 15 is 0 Å². The van der Waals surface area contributed by atoms with Gasteiger partial charge in [0.2, 0.25) is 0 Å². The number of carbonyl (C=O) groups is 1. The van der Waals surface area contributed by atoms with Gasteiger partial charge >= 0.3 is 6.09 Å². The molecule has 0 radical (unpaired) electrons. The Bertz CT molecular complexity index is 1120. The van der Waals surface area contributed by atoms with Crippen molar-refractivity contribution in [1.82, 2.24) is 14.5 Å². The lowest BCUT2D eigenvalue weighted by Gasteiger charge is -2.31. The zero-order valence-electron chi connectivity index (χ0n) is 20.8. The number of benzene rings is 1. The molecule has 3 rings (SSSR count). The van der Waals surface area contributed by atoms with E-state index in [-0.39, 0.29) is 17.0 Å². The SMILES string of the molecule is CC(C)COC(=O)N1CCC(Cn2cnc(C(C)Nc3ccc(S(C)(=O)=O)cc3)c2/N=C\N)CC1. The Kier molecular flexibility index (Phi) is 8.76. The molecule has 1 aliphatic rings. The average Bonchev–Trinajstić information content (AvgIpc) is 3.20. The van der Waals surface area contributed by atoms with E-state index in [4.69, 9.17) is 10.5 Å². The van der Waals surface area contributed by atoms with Gasteiger partial charge in [-0.1, -0.05) is 13.8 Å². The standard InChI is InChI=1S/C24H36N6O4S/c1-17(2)14-34-24(31)29-11-9-19(10-12-29)13-30-16-27-22(23(30)26-15-25)18(3)28-20-5-7-21(8-6-20)35(4,32)33/h5-8,15-19,28H,9-14H2,1-4H3,(H2,25,26). The van der Waals surface area contributed by atoms with Crippen LogP contribution in [0.15, 0.2) is 40.5 Å². The van der Waals surface area contributed by atoms with Crippen molar-refractivity contribution in [3.8, 4) is 0 Å². The summed E-state index contributed by atoms with van der Waals surface area (Å²) in [5, 5.41) is 3.35. The molecule has 1 aliphatic heterocycles. The Hall–Kier alpha value is -3.08. The summed E-state index contributed by atoms with van der Waals surface area (Å²) in [5.41, 5.74) is 7.15. The number of aromatic nitrogens is 2. The number of ether oxygens (including phenoxy) is 1. The van der Waals surface area contributed by atoms with Gasteiger partial charge < -0.3 is 25.3 Å². The van der Waals surface area contributed by atoms with Crippen LogP contribution in [-0.4, -0.2) is 61.3 Å². The monoisotopic (exact) mass is 504 g/mol. The third-order valence-electron chi connectivity index (χ3n) is 5.98. The predicted octanol–water partition coefficient (Wildman–Crippen LogP) is 3.58. The first-order valence-electron chi connectivity index (χ1n) is 11.9. The summed E-state index contributed by atoms with van der Waals surface area (Å²) in [6, 6.07) is 6.43. The molecule has 1 fully saturated rings. The van der Waals surface area contributed by atoms with E-state index < -0.39 is 9.84 Å². The highest BCUT2D eigenvalue weighted by Crippen LogP contribution is 2.30. The molecule has 10 nitrogen and oxygen atoms in total. The topological polar surface area (TPSA) is 132 Å². The molecule has 2 heterocycles. The second kappa shape index (κ2) is 11.6. The lowest BCUT2D eigenvalue weighted by Crippen LogP contribution is -2.40. The highest BCUT2D eigenvalue weighted by Gasteiger charge is 2.26. The molecule has 1 saturated heterocycles. The van der Waals surface area contributed by atoms with Crippen molar-refractivity contribution in [1.29, 1.82) is 0 Å². The smallest absolute Gasteiger partial charge is 0.409 e. The maximum atomic E-state index is 12.2. The van der Waals surface area contributed by atoms with Crippen LogP contribution in [0.4, 0.5) is 16.3 Å². The third kappa shape index (κ3) is 7.20. The highest BCUT2D eigenvalue weighted by atomic mass is 32.2. The van der Waals surface area contributed by atoms with Gasteiger partial charge in [0.15, 0.2) is 15.7 Å². The first-order chi connectivity index (χ1) is 16.6. The van der Waals surface area contributed by atoms with Crippen molar-refractivity contribution in [3.63, 3.8) is 0 Å². The molecule has 1 aromatic heterocycles. The Morgan fingerprint density at radius 2 is 1.91 bits per heavy atom. The molecule has 0 bridgehead atoms. The maximum Gasteiger partial charge on any atom is 0.409 e. The fraction of sp³-hybridized carbons (Fsp3) is 0.542. The maximum absolute atomic E-state index is 12.2. The number of sulfone groups is 1. The molecule has 3 N–H and O–H groups in total. The lowest BCUT2D eigenvalue weighted by molar-refractivity contribution is 0.0775. The lowest BCUT2D eigenvalue weighted by atomic mass is 9.97. The Labute approximate surface area is 207 Å². The van der Waals surface area contributed by atoms with E-state index in [9.17, 15) is 13.2 Å². The number of hydrogen-bond donors (Lipinski definition) is 2. The first-order valence-corrected chi connectivity index (χ1v) is 13.7. The van der Waals surface area contributed by atoms with Gasteiger partial charge in [-0.3, -0.25) is 0 Å².